The summed E-state index contributed by atoms with van der Waals surface area (Å²) in [7, 11) is -1.66. The largest absolute Gasteiger partial charge is 0.488 e. The molecule has 0 bridgehead atoms. The molecule has 1 unspecified atom stereocenters. The van der Waals surface area contributed by atoms with Crippen LogP contribution in [-0.2, 0) is 16.1 Å². The first-order valence-corrected chi connectivity index (χ1v) is 5.88. The molecule has 0 fully saturated rings. The highest BCUT2D eigenvalue weighted by Crippen LogP contribution is 2.08. The standard InChI is InChI=1S/C12H18BFO4/c1-3-17-7-9(2)18-8-10-4-5-11(13(15)16)6-12(10)14/h4-6,9,15-16H,3,7-8H2,1-2H3. The molecule has 0 heterocycles. The Kier molecular flexibility index (Phi) is 6.28. The maximum atomic E-state index is 13.6. The second kappa shape index (κ2) is 7.48. The first-order chi connectivity index (χ1) is 8.54. The molecule has 0 amide bonds. The second-order valence-electron chi connectivity index (χ2n) is 4.01. The van der Waals surface area contributed by atoms with Crippen molar-refractivity contribution in [3.63, 3.8) is 0 Å². The first-order valence-electron chi connectivity index (χ1n) is 5.88. The predicted molar refractivity (Wildman–Crippen MR) is 67.0 cm³/mol. The molecule has 18 heavy (non-hydrogen) atoms. The normalized spacial score (nSPS) is 12.5. The summed E-state index contributed by atoms with van der Waals surface area (Å²) in [4.78, 5) is 0. The fraction of sp³-hybridized carbons (Fsp3) is 0.500. The van der Waals surface area contributed by atoms with Crippen molar-refractivity contribution in [2.45, 2.75) is 26.6 Å². The summed E-state index contributed by atoms with van der Waals surface area (Å²) in [5.41, 5.74) is 0.501. The quantitative estimate of drug-likeness (QED) is 0.695. The Morgan fingerprint density at radius 1 is 1.39 bits per heavy atom. The van der Waals surface area contributed by atoms with E-state index in [-0.39, 0.29) is 18.2 Å². The minimum absolute atomic E-state index is 0.118. The number of ether oxygens (including phenoxy) is 2. The van der Waals surface area contributed by atoms with Crippen molar-refractivity contribution in [2.24, 2.45) is 0 Å². The Balaban J connectivity index is 2.52. The van der Waals surface area contributed by atoms with E-state index in [1.54, 1.807) is 0 Å². The number of rotatable bonds is 7. The van der Waals surface area contributed by atoms with Crippen LogP contribution in [0.3, 0.4) is 0 Å². The molecule has 0 aliphatic heterocycles. The average molecular weight is 256 g/mol. The van der Waals surface area contributed by atoms with Crippen LogP contribution in [0, 0.1) is 5.82 Å². The Bertz CT molecular complexity index is 373. The molecule has 0 aliphatic rings. The van der Waals surface area contributed by atoms with Crippen LogP contribution in [0.5, 0.6) is 0 Å². The Morgan fingerprint density at radius 3 is 2.67 bits per heavy atom. The van der Waals surface area contributed by atoms with E-state index in [0.29, 0.717) is 18.8 Å². The van der Waals surface area contributed by atoms with Crippen molar-refractivity contribution in [2.75, 3.05) is 13.2 Å². The summed E-state index contributed by atoms with van der Waals surface area (Å²) in [6.07, 6.45) is -0.118. The minimum Gasteiger partial charge on any atom is -0.423 e. The molecule has 0 aliphatic carbocycles. The lowest BCUT2D eigenvalue weighted by Crippen LogP contribution is -2.30. The lowest BCUT2D eigenvalue weighted by molar-refractivity contribution is -0.0125. The summed E-state index contributed by atoms with van der Waals surface area (Å²) in [6.45, 7) is 4.95. The highest BCUT2D eigenvalue weighted by Gasteiger charge is 2.14. The van der Waals surface area contributed by atoms with Crippen molar-refractivity contribution in [1.29, 1.82) is 0 Å². The molecule has 1 aromatic carbocycles. The van der Waals surface area contributed by atoms with E-state index in [1.807, 2.05) is 13.8 Å². The maximum Gasteiger partial charge on any atom is 0.488 e. The Morgan fingerprint density at radius 2 is 2.11 bits per heavy atom. The summed E-state index contributed by atoms with van der Waals surface area (Å²) in [5.74, 6) is -0.510. The predicted octanol–water partition coefficient (Wildman–Crippen LogP) is 0.447. The van der Waals surface area contributed by atoms with Crippen molar-refractivity contribution >= 4 is 12.6 Å². The summed E-state index contributed by atoms with van der Waals surface area (Å²) in [5, 5.41) is 17.8. The van der Waals surface area contributed by atoms with Gasteiger partial charge in [-0.05, 0) is 25.4 Å². The van der Waals surface area contributed by atoms with Crippen LogP contribution >= 0.6 is 0 Å². The van der Waals surface area contributed by atoms with Crippen LogP contribution in [0.15, 0.2) is 18.2 Å². The van der Waals surface area contributed by atoms with Gasteiger partial charge in [-0.15, -0.1) is 0 Å². The van der Waals surface area contributed by atoms with E-state index in [9.17, 15) is 4.39 Å². The summed E-state index contributed by atoms with van der Waals surface area (Å²) >= 11 is 0. The number of halogens is 1. The van der Waals surface area contributed by atoms with E-state index in [0.717, 1.165) is 6.07 Å². The topological polar surface area (TPSA) is 58.9 Å². The monoisotopic (exact) mass is 256 g/mol. The highest BCUT2D eigenvalue weighted by atomic mass is 19.1. The van der Waals surface area contributed by atoms with E-state index in [2.05, 4.69) is 0 Å². The second-order valence-corrected chi connectivity index (χ2v) is 4.01. The maximum absolute atomic E-state index is 13.6. The molecule has 100 valence electrons. The van der Waals surface area contributed by atoms with Gasteiger partial charge in [0.1, 0.15) is 5.82 Å². The molecule has 6 heteroatoms. The van der Waals surface area contributed by atoms with Crippen LogP contribution in [0.4, 0.5) is 4.39 Å². The van der Waals surface area contributed by atoms with Crippen molar-refractivity contribution < 1.29 is 23.9 Å². The average Bonchev–Trinajstić information content (AvgIpc) is 2.34. The van der Waals surface area contributed by atoms with Crippen molar-refractivity contribution in [1.82, 2.24) is 0 Å². The van der Waals surface area contributed by atoms with Gasteiger partial charge in [0.05, 0.1) is 19.3 Å². The number of benzene rings is 1. The van der Waals surface area contributed by atoms with Gasteiger partial charge in [0, 0.05) is 12.2 Å². The van der Waals surface area contributed by atoms with Gasteiger partial charge in [-0.1, -0.05) is 12.1 Å². The third-order valence-corrected chi connectivity index (χ3v) is 2.46. The third kappa shape index (κ3) is 4.74. The van der Waals surface area contributed by atoms with Crippen LogP contribution < -0.4 is 5.46 Å². The molecule has 0 saturated carbocycles. The molecule has 4 nitrogen and oxygen atoms in total. The molecular formula is C12H18BFO4. The molecule has 1 atom stereocenters. The van der Waals surface area contributed by atoms with E-state index >= 15 is 0 Å². The van der Waals surface area contributed by atoms with Crippen LogP contribution in [0.25, 0.3) is 0 Å². The zero-order valence-corrected chi connectivity index (χ0v) is 10.6. The summed E-state index contributed by atoms with van der Waals surface area (Å²) in [6, 6.07) is 4.04. The van der Waals surface area contributed by atoms with Crippen LogP contribution in [0.1, 0.15) is 19.4 Å². The van der Waals surface area contributed by atoms with Gasteiger partial charge in [0.15, 0.2) is 0 Å². The van der Waals surface area contributed by atoms with Gasteiger partial charge in [-0.3, -0.25) is 0 Å². The zero-order valence-electron chi connectivity index (χ0n) is 10.6. The summed E-state index contributed by atoms with van der Waals surface area (Å²) < 4.78 is 24.2. The molecule has 0 saturated heterocycles. The van der Waals surface area contributed by atoms with Crippen LogP contribution in [-0.4, -0.2) is 36.5 Å². The first kappa shape index (κ1) is 15.1. The van der Waals surface area contributed by atoms with E-state index < -0.39 is 12.9 Å². The van der Waals surface area contributed by atoms with Gasteiger partial charge in [-0.2, -0.15) is 0 Å². The number of hydrogen-bond acceptors (Lipinski definition) is 4. The Labute approximate surface area is 106 Å². The molecular weight excluding hydrogens is 238 g/mol. The molecule has 1 aromatic rings. The van der Waals surface area contributed by atoms with Crippen LogP contribution in [0.2, 0.25) is 0 Å². The third-order valence-electron chi connectivity index (χ3n) is 2.46. The molecule has 1 rings (SSSR count). The zero-order chi connectivity index (χ0) is 13.5. The SMILES string of the molecule is CCOCC(C)OCc1ccc(B(O)O)cc1F. The number of hydrogen-bond donors (Lipinski definition) is 2. The van der Waals surface area contributed by atoms with Crippen molar-refractivity contribution in [3.05, 3.63) is 29.6 Å². The lowest BCUT2D eigenvalue weighted by Gasteiger charge is -2.13. The van der Waals surface area contributed by atoms with Gasteiger partial charge >= 0.3 is 7.12 Å². The lowest BCUT2D eigenvalue weighted by atomic mass is 9.80. The minimum atomic E-state index is -1.66. The molecule has 0 radical (unpaired) electrons. The van der Waals surface area contributed by atoms with Crippen molar-refractivity contribution in [3.8, 4) is 0 Å². The van der Waals surface area contributed by atoms with Gasteiger partial charge in [-0.25, -0.2) is 4.39 Å². The molecule has 0 aromatic heterocycles. The fourth-order valence-corrected chi connectivity index (χ4v) is 1.41. The highest BCUT2D eigenvalue weighted by molar-refractivity contribution is 6.58. The fourth-order valence-electron chi connectivity index (χ4n) is 1.41. The van der Waals surface area contributed by atoms with Gasteiger partial charge in [0.2, 0.25) is 0 Å². The van der Waals surface area contributed by atoms with Gasteiger partial charge in [0.25, 0.3) is 0 Å². The molecule has 0 spiro atoms. The Hall–Kier alpha value is -0.945. The van der Waals surface area contributed by atoms with E-state index in [1.165, 1.54) is 12.1 Å². The van der Waals surface area contributed by atoms with Gasteiger partial charge < -0.3 is 19.5 Å². The van der Waals surface area contributed by atoms with E-state index in [4.69, 9.17) is 19.5 Å². The smallest absolute Gasteiger partial charge is 0.423 e. The molecule has 2 N–H and O–H groups in total.